The second kappa shape index (κ2) is 7.40. The van der Waals surface area contributed by atoms with Gasteiger partial charge in [-0.05, 0) is 0 Å². The van der Waals surface area contributed by atoms with Gasteiger partial charge in [0.15, 0.2) is 0 Å². The van der Waals surface area contributed by atoms with Crippen LogP contribution in [0.3, 0.4) is 0 Å². The Morgan fingerprint density at radius 1 is 1.05 bits per heavy atom. The molecular formula is C16H11BrCl3NZr. The van der Waals surface area contributed by atoms with E-state index >= 15 is 0 Å². The smallest absolute Gasteiger partial charge is 1.00 e. The van der Waals surface area contributed by atoms with E-state index in [1.165, 1.54) is 60.4 Å². The van der Waals surface area contributed by atoms with E-state index in [-0.39, 0.29) is 37.2 Å². The van der Waals surface area contributed by atoms with E-state index in [0.29, 0.717) is 6.04 Å². The van der Waals surface area contributed by atoms with Gasteiger partial charge >= 0.3 is 137 Å². The second-order valence-electron chi connectivity index (χ2n) is 5.06. The Balaban J connectivity index is 0.000000807. The summed E-state index contributed by atoms with van der Waals surface area (Å²) < 4.78 is 2.66. The molecule has 2 aromatic rings. The number of fused-ring (bicyclic) bond motifs is 5. The number of likely N-dealkylation sites (N-methyl/N-ethyl adjacent to an activating group) is 1. The maximum Gasteiger partial charge on any atom is -1.00 e. The van der Waals surface area contributed by atoms with Gasteiger partial charge in [0.05, 0.1) is 0 Å². The first-order valence-corrected chi connectivity index (χ1v) is 8.28. The van der Waals surface area contributed by atoms with E-state index in [1.807, 2.05) is 0 Å². The first-order valence-electron chi connectivity index (χ1n) is 6.26. The van der Waals surface area contributed by atoms with Crippen molar-refractivity contribution in [2.24, 2.45) is 0 Å². The molecule has 0 N–H and O–H groups in total. The quantitative estimate of drug-likeness (QED) is 0.354. The molecule has 2 aliphatic rings. The van der Waals surface area contributed by atoms with Gasteiger partial charge in [-0.1, -0.05) is 0 Å². The van der Waals surface area contributed by atoms with Crippen LogP contribution in [0.15, 0.2) is 40.9 Å². The van der Waals surface area contributed by atoms with E-state index in [2.05, 4.69) is 70.4 Å². The van der Waals surface area contributed by atoms with Crippen LogP contribution >= 0.6 is 15.9 Å². The normalized spacial score (nSPS) is 16.5. The van der Waals surface area contributed by atoms with Crippen molar-refractivity contribution in [3.05, 3.63) is 57.6 Å². The molecule has 1 nitrogen and oxygen atoms in total. The number of hydrogen-bond donors (Lipinski definition) is 0. The Labute approximate surface area is 172 Å². The monoisotopic (exact) mass is 491 g/mol. The summed E-state index contributed by atoms with van der Waals surface area (Å²) in [6.45, 7) is 0. The zero-order valence-corrected chi connectivity index (χ0v) is 17.9. The molecule has 1 aliphatic heterocycles. The van der Waals surface area contributed by atoms with E-state index in [4.69, 9.17) is 0 Å². The molecule has 0 fully saturated rings. The van der Waals surface area contributed by atoms with Gasteiger partial charge in [0.1, 0.15) is 0 Å². The van der Waals surface area contributed by atoms with Crippen LogP contribution in [0.25, 0.3) is 11.6 Å². The molecule has 0 saturated heterocycles. The van der Waals surface area contributed by atoms with Gasteiger partial charge in [-0.3, -0.25) is 0 Å². The van der Waals surface area contributed by atoms with Crippen molar-refractivity contribution in [3.8, 4) is 0 Å². The van der Waals surface area contributed by atoms with E-state index in [1.54, 1.807) is 0 Å². The van der Waals surface area contributed by atoms with Gasteiger partial charge < -0.3 is 37.2 Å². The summed E-state index contributed by atoms with van der Waals surface area (Å²) in [5.41, 5.74) is 7.07. The van der Waals surface area contributed by atoms with Crippen molar-refractivity contribution < 1.29 is 61.9 Å². The van der Waals surface area contributed by atoms with E-state index in [0.717, 1.165) is 0 Å². The molecule has 1 aliphatic carbocycles. The molecule has 22 heavy (non-hydrogen) atoms. The van der Waals surface area contributed by atoms with Crippen molar-refractivity contribution in [2.75, 3.05) is 11.9 Å². The number of benzene rings is 2. The minimum atomic E-state index is 0. The van der Waals surface area contributed by atoms with Crippen LogP contribution in [-0.4, -0.2) is 7.05 Å². The number of anilines is 1. The van der Waals surface area contributed by atoms with Gasteiger partial charge in [-0.2, -0.15) is 0 Å². The molecule has 0 saturated carbocycles. The van der Waals surface area contributed by atoms with Crippen LogP contribution in [0.2, 0.25) is 0 Å². The fraction of sp³-hybridized carbons (Fsp3) is 0.125. The molecule has 0 bridgehead atoms. The van der Waals surface area contributed by atoms with Gasteiger partial charge in [-0.15, -0.1) is 0 Å². The van der Waals surface area contributed by atoms with Crippen molar-refractivity contribution in [1.29, 1.82) is 0 Å². The third-order valence-corrected chi connectivity index (χ3v) is 6.92. The first-order chi connectivity index (χ1) is 9.18. The summed E-state index contributed by atoms with van der Waals surface area (Å²) in [7, 11) is 2.20. The summed E-state index contributed by atoms with van der Waals surface area (Å²) in [5, 5.41) is 0. The zero-order chi connectivity index (χ0) is 13.1. The van der Waals surface area contributed by atoms with Crippen LogP contribution < -0.4 is 45.4 Å². The predicted molar refractivity (Wildman–Crippen MR) is 79.2 cm³/mol. The van der Waals surface area contributed by atoms with Gasteiger partial charge in [0.2, 0.25) is 0 Å². The standard InChI is InChI=1S/C16H11BrN.3ClH.Zr/c1-18-15-7-6-11(17)9-13(15)14-8-10-4-2-3-5-12(10)16(14)18;;;;/h2-8,16H,1H3;3*1H;/q;;;;+3/p-3. The number of rotatable bonds is 0. The molecule has 1 atom stereocenters. The number of nitrogens with zero attached hydrogens (tertiary/aromatic N) is 1. The van der Waals surface area contributed by atoms with E-state index < -0.39 is 0 Å². The van der Waals surface area contributed by atoms with Gasteiger partial charge in [0, 0.05) is 0 Å². The SMILES string of the molecule is CN1c2ccc(Br)[c]([Zr+3])c2C2=Cc3ccccc3C21.[Cl-].[Cl-].[Cl-]. The van der Waals surface area contributed by atoms with Crippen molar-refractivity contribution >= 4 is 36.5 Å². The number of hydrogen-bond acceptors (Lipinski definition) is 1. The molecule has 6 heteroatoms. The average molecular weight is 495 g/mol. The summed E-state index contributed by atoms with van der Waals surface area (Å²) in [6.07, 6.45) is 2.36. The topological polar surface area (TPSA) is 3.24 Å². The molecule has 0 amide bonds. The molecule has 1 heterocycles. The fourth-order valence-corrected chi connectivity index (χ4v) is 4.43. The maximum atomic E-state index is 3.68. The van der Waals surface area contributed by atoms with Gasteiger partial charge in [0.25, 0.3) is 0 Å². The van der Waals surface area contributed by atoms with Crippen molar-refractivity contribution in [3.63, 3.8) is 0 Å². The Morgan fingerprint density at radius 2 is 1.73 bits per heavy atom. The third kappa shape index (κ3) is 2.74. The Hall–Kier alpha value is 0.213. The molecule has 0 spiro atoms. The number of halogens is 4. The Morgan fingerprint density at radius 3 is 2.45 bits per heavy atom. The molecular weight excluding hydrogens is 484 g/mol. The Kier molecular flexibility index (Phi) is 6.82. The first kappa shape index (κ1) is 20.3. The van der Waals surface area contributed by atoms with Crippen LogP contribution in [0.1, 0.15) is 22.7 Å². The molecule has 112 valence electrons. The fourth-order valence-electron chi connectivity index (χ4n) is 3.22. The van der Waals surface area contributed by atoms with Crippen LogP contribution in [0, 0.1) is 0 Å². The molecule has 2 aromatic carbocycles. The van der Waals surface area contributed by atoms with Crippen LogP contribution in [0.4, 0.5) is 5.69 Å². The molecule has 1 unspecified atom stereocenters. The van der Waals surface area contributed by atoms with E-state index in [9.17, 15) is 0 Å². The summed E-state index contributed by atoms with van der Waals surface area (Å²) >= 11 is 5.14. The zero-order valence-electron chi connectivity index (χ0n) is 11.6. The third-order valence-electron chi connectivity index (χ3n) is 4.08. The van der Waals surface area contributed by atoms with Crippen molar-refractivity contribution in [1.82, 2.24) is 0 Å². The summed E-state index contributed by atoms with van der Waals surface area (Å²) in [4.78, 5) is 2.41. The molecule has 0 radical (unpaired) electrons. The largest absolute Gasteiger partial charge is 1.00 e. The van der Waals surface area contributed by atoms with Crippen molar-refractivity contribution in [2.45, 2.75) is 6.04 Å². The molecule has 0 aromatic heterocycles. The second-order valence-corrected chi connectivity index (χ2v) is 7.14. The molecule has 4 rings (SSSR count). The summed E-state index contributed by atoms with van der Waals surface area (Å²) in [6, 6.07) is 13.5. The summed E-state index contributed by atoms with van der Waals surface area (Å²) in [5.74, 6) is 0. The van der Waals surface area contributed by atoms with Crippen LogP contribution in [0.5, 0.6) is 0 Å². The Bertz CT molecular complexity index is 748. The average Bonchev–Trinajstić information content (AvgIpc) is 2.91. The minimum Gasteiger partial charge on any atom is -1.00 e. The van der Waals surface area contributed by atoms with Crippen LogP contribution in [-0.2, 0) is 24.7 Å². The minimum absolute atomic E-state index is 0. The van der Waals surface area contributed by atoms with Gasteiger partial charge in [-0.25, -0.2) is 0 Å². The predicted octanol–water partition coefficient (Wildman–Crippen LogP) is -5.32. The maximum absolute atomic E-state index is 3.68.